The maximum Gasteiger partial charge on any atom is 0.216 e. The summed E-state index contributed by atoms with van der Waals surface area (Å²) in [4.78, 5) is 0. The van der Waals surface area contributed by atoms with E-state index in [0.29, 0.717) is 17.7 Å². The molecule has 0 fully saturated rings. The van der Waals surface area contributed by atoms with Crippen LogP contribution in [-0.4, -0.2) is 8.42 Å². The quantitative estimate of drug-likeness (QED) is 0.736. The fraction of sp³-hybridized carbons (Fsp3) is 0.333. The van der Waals surface area contributed by atoms with Gasteiger partial charge in [-0.1, -0.05) is 19.1 Å². The van der Waals surface area contributed by atoms with Crippen LogP contribution in [0.2, 0.25) is 0 Å². The van der Waals surface area contributed by atoms with Gasteiger partial charge in [0.05, 0.1) is 5.25 Å². The van der Waals surface area contributed by atoms with Crippen molar-refractivity contribution >= 4 is 15.7 Å². The van der Waals surface area contributed by atoms with E-state index in [4.69, 9.17) is 10.9 Å². The highest BCUT2D eigenvalue weighted by atomic mass is 32.2. The van der Waals surface area contributed by atoms with Crippen molar-refractivity contribution in [3.8, 4) is 0 Å². The van der Waals surface area contributed by atoms with Gasteiger partial charge in [-0.3, -0.25) is 0 Å². The van der Waals surface area contributed by atoms with Crippen molar-refractivity contribution in [3.05, 3.63) is 29.8 Å². The first-order chi connectivity index (χ1) is 6.45. The fourth-order valence-electron chi connectivity index (χ4n) is 1.42. The van der Waals surface area contributed by atoms with Crippen LogP contribution in [0.1, 0.15) is 24.2 Å². The Bertz CT molecular complexity index is 415. The van der Waals surface area contributed by atoms with Gasteiger partial charge in [0.25, 0.3) is 0 Å². The minimum Gasteiger partial charge on any atom is -0.399 e. The molecule has 0 saturated carbocycles. The van der Waals surface area contributed by atoms with Gasteiger partial charge in [0, 0.05) is 5.69 Å². The lowest BCUT2D eigenvalue weighted by atomic mass is 10.1. The van der Waals surface area contributed by atoms with Crippen LogP contribution >= 0.6 is 0 Å². The lowest BCUT2D eigenvalue weighted by molar-refractivity contribution is 0.581. The smallest absolute Gasteiger partial charge is 0.216 e. The molecule has 1 rings (SSSR count). The van der Waals surface area contributed by atoms with E-state index in [1.807, 2.05) is 0 Å². The van der Waals surface area contributed by atoms with Crippen molar-refractivity contribution in [2.75, 3.05) is 5.73 Å². The summed E-state index contributed by atoms with van der Waals surface area (Å²) in [6.45, 7) is 1.78. The molecule has 14 heavy (non-hydrogen) atoms. The van der Waals surface area contributed by atoms with Gasteiger partial charge in [-0.15, -0.1) is 0 Å². The molecule has 0 radical (unpaired) electrons. The summed E-state index contributed by atoms with van der Waals surface area (Å²) < 4.78 is 22.4. The van der Waals surface area contributed by atoms with Crippen LogP contribution in [0.15, 0.2) is 24.3 Å². The minimum absolute atomic E-state index is 0.447. The Balaban J connectivity index is 3.14. The zero-order valence-corrected chi connectivity index (χ0v) is 8.79. The molecule has 1 unspecified atom stereocenters. The largest absolute Gasteiger partial charge is 0.399 e. The molecule has 0 amide bonds. The SMILES string of the molecule is CCC(c1cccc(N)c1)S(N)(=O)=O. The predicted molar refractivity (Wildman–Crippen MR) is 57.0 cm³/mol. The number of nitrogen functional groups attached to an aromatic ring is 1. The molecule has 0 saturated heterocycles. The van der Waals surface area contributed by atoms with E-state index < -0.39 is 15.3 Å². The highest BCUT2D eigenvalue weighted by molar-refractivity contribution is 7.89. The number of benzene rings is 1. The second-order valence-corrected chi connectivity index (χ2v) is 4.90. The second kappa shape index (κ2) is 3.98. The van der Waals surface area contributed by atoms with Crippen LogP contribution < -0.4 is 10.9 Å². The Kier molecular flexibility index (Phi) is 3.13. The molecule has 5 heteroatoms. The molecule has 0 aromatic heterocycles. The third-order valence-electron chi connectivity index (χ3n) is 2.05. The summed E-state index contributed by atoms with van der Waals surface area (Å²) in [6, 6.07) is 6.78. The topological polar surface area (TPSA) is 86.2 Å². The van der Waals surface area contributed by atoms with Gasteiger partial charge in [-0.05, 0) is 24.1 Å². The Morgan fingerprint density at radius 1 is 1.43 bits per heavy atom. The summed E-state index contributed by atoms with van der Waals surface area (Å²) in [5, 5.41) is 4.44. The molecule has 4 nitrogen and oxygen atoms in total. The molecule has 1 aromatic carbocycles. The molecule has 0 aliphatic heterocycles. The summed E-state index contributed by atoms with van der Waals surface area (Å²) in [7, 11) is -3.54. The number of primary sulfonamides is 1. The first-order valence-corrected chi connectivity index (χ1v) is 5.93. The van der Waals surface area contributed by atoms with Crippen molar-refractivity contribution in [3.63, 3.8) is 0 Å². The summed E-state index contributed by atoms with van der Waals surface area (Å²) in [5.41, 5.74) is 6.75. The predicted octanol–water partition coefficient (Wildman–Crippen LogP) is 1.01. The third kappa shape index (κ3) is 2.46. The maximum atomic E-state index is 11.2. The van der Waals surface area contributed by atoms with E-state index in [-0.39, 0.29) is 0 Å². The van der Waals surface area contributed by atoms with E-state index in [2.05, 4.69) is 0 Å². The van der Waals surface area contributed by atoms with Crippen molar-refractivity contribution in [2.45, 2.75) is 18.6 Å². The van der Waals surface area contributed by atoms with E-state index in [9.17, 15) is 8.42 Å². The van der Waals surface area contributed by atoms with Gasteiger partial charge in [0.1, 0.15) is 0 Å². The highest BCUT2D eigenvalue weighted by Crippen LogP contribution is 2.24. The Hall–Kier alpha value is -1.07. The first-order valence-electron chi connectivity index (χ1n) is 4.32. The molecule has 1 atom stereocenters. The van der Waals surface area contributed by atoms with E-state index in [1.54, 1.807) is 31.2 Å². The van der Waals surface area contributed by atoms with Crippen LogP contribution in [0.4, 0.5) is 5.69 Å². The zero-order valence-electron chi connectivity index (χ0n) is 7.97. The molecule has 0 heterocycles. The van der Waals surface area contributed by atoms with E-state index >= 15 is 0 Å². The van der Waals surface area contributed by atoms with Crippen LogP contribution in [0.5, 0.6) is 0 Å². The second-order valence-electron chi connectivity index (χ2n) is 3.16. The highest BCUT2D eigenvalue weighted by Gasteiger charge is 2.21. The van der Waals surface area contributed by atoms with Crippen LogP contribution in [0.3, 0.4) is 0 Å². The summed E-state index contributed by atoms with van der Waals surface area (Å²) >= 11 is 0. The van der Waals surface area contributed by atoms with Crippen LogP contribution in [0.25, 0.3) is 0 Å². The van der Waals surface area contributed by atoms with Gasteiger partial charge in [0.2, 0.25) is 10.0 Å². The number of hydrogen-bond donors (Lipinski definition) is 2. The van der Waals surface area contributed by atoms with Gasteiger partial charge >= 0.3 is 0 Å². The maximum absolute atomic E-state index is 11.2. The molecule has 0 spiro atoms. The number of anilines is 1. The molecule has 1 aromatic rings. The minimum atomic E-state index is -3.54. The Labute approximate surface area is 84.0 Å². The van der Waals surface area contributed by atoms with Gasteiger partial charge in [-0.2, -0.15) is 0 Å². The van der Waals surface area contributed by atoms with Crippen LogP contribution in [0, 0.1) is 0 Å². The molecule has 0 bridgehead atoms. The standard InChI is InChI=1S/C9H14N2O2S/c1-2-9(14(11,12)13)7-4-3-5-8(10)6-7/h3-6,9H,2,10H2,1H3,(H2,11,12,13). The summed E-state index contributed by atoms with van der Waals surface area (Å²) in [6.07, 6.45) is 0.447. The van der Waals surface area contributed by atoms with E-state index in [0.717, 1.165) is 0 Å². The van der Waals surface area contributed by atoms with Gasteiger partial charge in [0.15, 0.2) is 0 Å². The monoisotopic (exact) mass is 214 g/mol. The lowest BCUT2D eigenvalue weighted by Gasteiger charge is -2.12. The van der Waals surface area contributed by atoms with Crippen molar-refractivity contribution < 1.29 is 8.42 Å². The van der Waals surface area contributed by atoms with Crippen LogP contribution in [-0.2, 0) is 10.0 Å². The summed E-state index contributed by atoms with van der Waals surface area (Å²) in [5.74, 6) is 0. The zero-order chi connectivity index (χ0) is 10.8. The molecule has 78 valence electrons. The lowest BCUT2D eigenvalue weighted by Crippen LogP contribution is -2.21. The van der Waals surface area contributed by atoms with E-state index in [1.165, 1.54) is 0 Å². The average molecular weight is 214 g/mol. The van der Waals surface area contributed by atoms with Crippen molar-refractivity contribution in [1.29, 1.82) is 0 Å². The Morgan fingerprint density at radius 3 is 2.50 bits per heavy atom. The average Bonchev–Trinajstić information content (AvgIpc) is 2.02. The van der Waals surface area contributed by atoms with Gasteiger partial charge < -0.3 is 5.73 Å². The molecule has 4 N–H and O–H groups in total. The number of sulfonamides is 1. The molecule has 0 aliphatic rings. The molecule has 0 aliphatic carbocycles. The number of rotatable bonds is 3. The van der Waals surface area contributed by atoms with Crippen molar-refractivity contribution in [1.82, 2.24) is 0 Å². The third-order valence-corrected chi connectivity index (χ3v) is 3.45. The molecular weight excluding hydrogens is 200 g/mol. The number of nitrogens with two attached hydrogens (primary N) is 2. The Morgan fingerprint density at radius 2 is 2.07 bits per heavy atom. The first kappa shape index (κ1) is 11.0. The van der Waals surface area contributed by atoms with Crippen molar-refractivity contribution in [2.24, 2.45) is 5.14 Å². The van der Waals surface area contributed by atoms with Gasteiger partial charge in [-0.25, -0.2) is 13.6 Å². The normalized spacial score (nSPS) is 13.9. The number of hydrogen-bond acceptors (Lipinski definition) is 3. The molecular formula is C9H14N2O2S. The fourth-order valence-corrected chi connectivity index (χ4v) is 2.41.